The number of nitrogens with zero attached hydrogens (tertiary/aromatic N) is 3. The fourth-order valence-electron chi connectivity index (χ4n) is 4.97. The van der Waals surface area contributed by atoms with Crippen LogP contribution in [0, 0.1) is 4.91 Å². The molecule has 10 heteroatoms. The van der Waals surface area contributed by atoms with Gasteiger partial charge in [-0.05, 0) is 31.6 Å². The Balaban J connectivity index is 1.11. The zero-order valence-electron chi connectivity index (χ0n) is 19.4. The maximum absolute atomic E-state index is 13.0. The molecule has 10 nitrogen and oxygen atoms in total. The molecule has 35 heavy (non-hydrogen) atoms. The molecule has 1 aliphatic carbocycles. The first-order valence-electron chi connectivity index (χ1n) is 12.0. The molecule has 0 bridgehead atoms. The second kappa shape index (κ2) is 10.4. The maximum atomic E-state index is 13.0. The Hall–Kier alpha value is -3.50. The number of benzene rings is 2. The van der Waals surface area contributed by atoms with Crippen LogP contribution in [0.2, 0.25) is 0 Å². The van der Waals surface area contributed by atoms with Gasteiger partial charge in [0.2, 0.25) is 0 Å². The molecule has 1 fully saturated rings. The summed E-state index contributed by atoms with van der Waals surface area (Å²) < 4.78 is 11.3. The van der Waals surface area contributed by atoms with Crippen LogP contribution >= 0.6 is 0 Å². The van der Waals surface area contributed by atoms with E-state index in [1.54, 1.807) is 24.3 Å². The van der Waals surface area contributed by atoms with E-state index < -0.39 is 12.1 Å². The first-order valence-corrected chi connectivity index (χ1v) is 12.0. The summed E-state index contributed by atoms with van der Waals surface area (Å²) in [7, 11) is 0. The van der Waals surface area contributed by atoms with Crippen molar-refractivity contribution in [2.24, 2.45) is 5.29 Å². The summed E-state index contributed by atoms with van der Waals surface area (Å²) in [5, 5.41) is 5.87. The van der Waals surface area contributed by atoms with Crippen LogP contribution in [0.4, 0.5) is 5.69 Å². The molecule has 0 aromatic heterocycles. The van der Waals surface area contributed by atoms with E-state index in [1.807, 2.05) is 12.1 Å². The number of ketones is 2. The van der Waals surface area contributed by atoms with Gasteiger partial charge in [-0.3, -0.25) is 19.9 Å². The highest BCUT2D eigenvalue weighted by molar-refractivity contribution is 6.19. The molecule has 0 amide bonds. The van der Waals surface area contributed by atoms with Gasteiger partial charge in [-0.15, -0.1) is 4.91 Å². The number of rotatable bonds is 8. The van der Waals surface area contributed by atoms with Crippen LogP contribution in [0.5, 0.6) is 11.5 Å². The second-order valence-electron chi connectivity index (χ2n) is 8.91. The quantitative estimate of drug-likeness (QED) is 0.331. The number of carbonyl (C=O) groups excluding carboxylic acids is 2. The summed E-state index contributed by atoms with van der Waals surface area (Å²) >= 11 is 0. The topological polar surface area (TPSA) is 113 Å². The fourth-order valence-corrected chi connectivity index (χ4v) is 4.97. The van der Waals surface area contributed by atoms with Gasteiger partial charge in [0.15, 0.2) is 23.1 Å². The third kappa shape index (κ3) is 4.85. The van der Waals surface area contributed by atoms with E-state index in [4.69, 9.17) is 9.47 Å². The lowest BCUT2D eigenvalue weighted by molar-refractivity contribution is 0.0799. The Morgan fingerprint density at radius 3 is 2.29 bits per heavy atom. The van der Waals surface area contributed by atoms with Gasteiger partial charge in [0.25, 0.3) is 0 Å². The smallest absolute Gasteiger partial charge is 0.189 e. The highest BCUT2D eigenvalue weighted by Gasteiger charge is 2.41. The minimum absolute atomic E-state index is 0.200. The molecule has 0 radical (unpaired) electrons. The summed E-state index contributed by atoms with van der Waals surface area (Å²) in [5.74, 6) is 1.11. The third-order valence-corrected chi connectivity index (χ3v) is 6.83. The van der Waals surface area contributed by atoms with E-state index in [0.29, 0.717) is 30.9 Å². The van der Waals surface area contributed by atoms with Gasteiger partial charge in [0, 0.05) is 49.1 Å². The van der Waals surface area contributed by atoms with Gasteiger partial charge >= 0.3 is 0 Å². The minimum Gasteiger partial charge on any atom is -0.486 e. The number of nitroso groups, excluding NO2 is 1. The second-order valence-corrected chi connectivity index (χ2v) is 8.91. The van der Waals surface area contributed by atoms with Crippen LogP contribution in [0.3, 0.4) is 0 Å². The van der Waals surface area contributed by atoms with Crippen molar-refractivity contribution in [1.29, 1.82) is 0 Å². The van der Waals surface area contributed by atoms with Crippen molar-refractivity contribution < 1.29 is 19.1 Å². The molecule has 2 heterocycles. The number of hydrogen-bond donors (Lipinski definition) is 2. The van der Waals surface area contributed by atoms with Crippen LogP contribution in [0.25, 0.3) is 0 Å². The molecule has 2 N–H and O–H groups in total. The van der Waals surface area contributed by atoms with E-state index in [2.05, 4.69) is 31.9 Å². The molecule has 0 saturated carbocycles. The molecule has 3 aliphatic rings. The highest BCUT2D eigenvalue weighted by Crippen LogP contribution is 2.34. The predicted molar refractivity (Wildman–Crippen MR) is 130 cm³/mol. The molecule has 184 valence electrons. The van der Waals surface area contributed by atoms with Crippen molar-refractivity contribution in [2.45, 2.75) is 18.5 Å². The summed E-state index contributed by atoms with van der Waals surface area (Å²) in [4.78, 5) is 41.3. The van der Waals surface area contributed by atoms with Gasteiger partial charge in [-0.2, -0.15) is 0 Å². The molecule has 0 spiro atoms. The normalized spacial score (nSPS) is 22.0. The number of Topliss-reactive ketones (excluding diaryl/α,β-unsaturated/α-hetero) is 2. The average Bonchev–Trinajstić information content (AvgIpc) is 2.91. The molecule has 2 aromatic rings. The number of nitrogens with one attached hydrogen (secondary N) is 2. The van der Waals surface area contributed by atoms with Gasteiger partial charge in [0.05, 0.1) is 5.29 Å². The molecule has 5 rings (SSSR count). The standard InChI is InChI=1S/C25H29N5O5/c31-24-18-4-1-2-5-19(18)25(32)23(27-28-33)22(24)26-8-3-9-29-10-12-30(13-11-29)17-6-7-20-21(16-17)35-15-14-34-20/h1-2,4-7,16,22-23,26H,3,8-15H2,(H,27,33). The number of carbonyl (C=O) groups is 2. The van der Waals surface area contributed by atoms with Crippen LogP contribution in [0.1, 0.15) is 27.1 Å². The summed E-state index contributed by atoms with van der Waals surface area (Å²) in [6.07, 6.45) is 0.810. The Morgan fingerprint density at radius 1 is 0.886 bits per heavy atom. The summed E-state index contributed by atoms with van der Waals surface area (Å²) in [5.41, 5.74) is 4.14. The van der Waals surface area contributed by atoms with Gasteiger partial charge < -0.3 is 19.7 Å². The SMILES string of the molecule is O=NNC1C(=O)c2ccccc2C(=O)C1NCCCN1CCN(c2ccc3c(c2)OCCO3)CC1. The Bertz CT molecular complexity index is 1100. The summed E-state index contributed by atoms with van der Waals surface area (Å²) in [6, 6.07) is 11.0. The van der Waals surface area contributed by atoms with Gasteiger partial charge in [0.1, 0.15) is 25.3 Å². The number of anilines is 1. The van der Waals surface area contributed by atoms with Crippen molar-refractivity contribution in [1.82, 2.24) is 15.6 Å². The molecule has 1 saturated heterocycles. The lowest BCUT2D eigenvalue weighted by Crippen LogP contribution is -2.58. The van der Waals surface area contributed by atoms with E-state index in [0.717, 1.165) is 56.3 Å². The Kier molecular flexibility index (Phi) is 6.91. The van der Waals surface area contributed by atoms with Crippen molar-refractivity contribution in [2.75, 3.05) is 57.4 Å². The molecule has 2 unspecified atom stereocenters. The first kappa shape index (κ1) is 23.3. The maximum Gasteiger partial charge on any atom is 0.189 e. The number of piperazine rings is 1. The fraction of sp³-hybridized carbons (Fsp3) is 0.440. The molecule has 2 aromatic carbocycles. The van der Waals surface area contributed by atoms with Crippen LogP contribution in [-0.2, 0) is 0 Å². The van der Waals surface area contributed by atoms with E-state index in [9.17, 15) is 14.5 Å². The first-order chi connectivity index (χ1) is 17.2. The minimum atomic E-state index is -0.996. The van der Waals surface area contributed by atoms with E-state index in [-0.39, 0.29) is 11.6 Å². The van der Waals surface area contributed by atoms with E-state index >= 15 is 0 Å². The van der Waals surface area contributed by atoms with Crippen molar-refractivity contribution in [3.8, 4) is 11.5 Å². The number of ether oxygens (including phenoxy) is 2. The molecule has 2 atom stereocenters. The Morgan fingerprint density at radius 2 is 1.57 bits per heavy atom. The number of fused-ring (bicyclic) bond motifs is 2. The van der Waals surface area contributed by atoms with Crippen LogP contribution in [0.15, 0.2) is 47.8 Å². The van der Waals surface area contributed by atoms with Crippen molar-refractivity contribution >= 4 is 17.3 Å². The number of hydrogen-bond acceptors (Lipinski definition) is 9. The van der Waals surface area contributed by atoms with E-state index in [1.165, 1.54) is 0 Å². The van der Waals surface area contributed by atoms with Crippen LogP contribution in [-0.4, -0.2) is 81.0 Å². The monoisotopic (exact) mass is 479 g/mol. The van der Waals surface area contributed by atoms with Crippen LogP contribution < -0.4 is 25.1 Å². The third-order valence-electron chi connectivity index (χ3n) is 6.83. The van der Waals surface area contributed by atoms with Gasteiger partial charge in [-0.1, -0.05) is 24.3 Å². The zero-order chi connectivity index (χ0) is 24.2. The van der Waals surface area contributed by atoms with Gasteiger partial charge in [-0.25, -0.2) is 0 Å². The summed E-state index contributed by atoms with van der Waals surface area (Å²) in [6.45, 7) is 6.27. The average molecular weight is 480 g/mol. The lowest BCUT2D eigenvalue weighted by Gasteiger charge is -2.36. The highest BCUT2D eigenvalue weighted by atomic mass is 16.6. The largest absolute Gasteiger partial charge is 0.486 e. The Labute approximate surface area is 203 Å². The zero-order valence-corrected chi connectivity index (χ0v) is 19.4. The molecular weight excluding hydrogens is 450 g/mol. The molecule has 2 aliphatic heterocycles. The molecular formula is C25H29N5O5. The van der Waals surface area contributed by atoms with Crippen molar-refractivity contribution in [3.63, 3.8) is 0 Å². The van der Waals surface area contributed by atoms with Crippen molar-refractivity contribution in [3.05, 3.63) is 58.5 Å². The lowest BCUT2D eigenvalue weighted by atomic mass is 9.82. The predicted octanol–water partition coefficient (Wildman–Crippen LogP) is 1.65.